The summed E-state index contributed by atoms with van der Waals surface area (Å²) in [5, 5.41) is 9.50. The van der Waals surface area contributed by atoms with Crippen LogP contribution in [0.25, 0.3) is 22.2 Å². The lowest BCUT2D eigenvalue weighted by Crippen LogP contribution is -2.14. The number of aromatic nitrogens is 3. The van der Waals surface area contributed by atoms with Crippen LogP contribution in [0.2, 0.25) is 0 Å². The molecule has 1 aromatic carbocycles. The van der Waals surface area contributed by atoms with Gasteiger partial charge in [0.25, 0.3) is 0 Å². The zero-order valence-electron chi connectivity index (χ0n) is 13.0. The molecule has 3 aromatic rings. The highest BCUT2D eigenvalue weighted by atomic mass is 16.5. The molecule has 2 aromatic heterocycles. The number of carbonyl (C=O) groups excluding carboxylic acids is 1. The largest absolute Gasteiger partial charge is 0.462 e. The molecule has 0 aliphatic rings. The zero-order chi connectivity index (χ0) is 16.6. The van der Waals surface area contributed by atoms with Gasteiger partial charge in [-0.15, -0.1) is 0 Å². The first kappa shape index (κ1) is 15.2. The van der Waals surface area contributed by atoms with E-state index >= 15 is 0 Å². The third-order valence-electron chi connectivity index (χ3n) is 3.72. The number of carbonyl (C=O) groups is 1. The number of para-hydroxylation sites is 2. The second kappa shape index (κ2) is 5.85. The molecule has 7 heteroatoms. The van der Waals surface area contributed by atoms with Crippen LogP contribution in [0.5, 0.6) is 0 Å². The van der Waals surface area contributed by atoms with Gasteiger partial charge in [0.15, 0.2) is 5.65 Å². The number of esters is 1. The van der Waals surface area contributed by atoms with E-state index < -0.39 is 5.97 Å². The zero-order valence-corrected chi connectivity index (χ0v) is 13.0. The van der Waals surface area contributed by atoms with Crippen molar-refractivity contribution in [1.29, 1.82) is 0 Å². The number of nitrogens with two attached hydrogens (primary N) is 1. The molecule has 2 heterocycles. The van der Waals surface area contributed by atoms with Gasteiger partial charge >= 0.3 is 5.97 Å². The van der Waals surface area contributed by atoms with E-state index in [1.807, 2.05) is 24.3 Å². The summed E-state index contributed by atoms with van der Waals surface area (Å²) in [4.78, 5) is 21.4. The topological polar surface area (TPSA) is 103 Å². The van der Waals surface area contributed by atoms with Gasteiger partial charge in [-0.3, -0.25) is 0 Å². The Bertz CT molecular complexity index is 888. The predicted molar refractivity (Wildman–Crippen MR) is 87.2 cm³/mol. The van der Waals surface area contributed by atoms with E-state index in [1.54, 1.807) is 18.4 Å². The fourth-order valence-electron chi connectivity index (χ4n) is 2.61. The van der Waals surface area contributed by atoms with Crippen molar-refractivity contribution in [2.45, 2.75) is 19.9 Å². The van der Waals surface area contributed by atoms with Crippen molar-refractivity contribution in [1.82, 2.24) is 14.5 Å². The second-order valence-electron chi connectivity index (χ2n) is 5.27. The molecule has 0 saturated heterocycles. The Morgan fingerprint density at radius 1 is 1.35 bits per heavy atom. The third kappa shape index (κ3) is 2.39. The van der Waals surface area contributed by atoms with Crippen LogP contribution in [0.15, 0.2) is 24.3 Å². The van der Waals surface area contributed by atoms with Crippen molar-refractivity contribution >= 4 is 34.0 Å². The van der Waals surface area contributed by atoms with Crippen molar-refractivity contribution in [3.05, 3.63) is 29.8 Å². The van der Waals surface area contributed by atoms with Gasteiger partial charge in [-0.2, -0.15) is 0 Å². The lowest BCUT2D eigenvalue weighted by molar-refractivity contribution is 0.0529. The molecule has 23 heavy (non-hydrogen) atoms. The molecule has 0 spiro atoms. The summed E-state index contributed by atoms with van der Waals surface area (Å²) in [6.45, 7) is 3.62. The molecule has 7 nitrogen and oxygen atoms in total. The minimum atomic E-state index is -0.538. The fourth-order valence-corrected chi connectivity index (χ4v) is 2.61. The van der Waals surface area contributed by atoms with E-state index in [-0.39, 0.29) is 30.6 Å². The predicted octanol–water partition coefficient (Wildman–Crippen LogP) is 1.90. The Balaban J connectivity index is 2.39. The molecule has 0 radical (unpaired) electrons. The second-order valence-corrected chi connectivity index (χ2v) is 5.27. The van der Waals surface area contributed by atoms with E-state index in [4.69, 9.17) is 10.5 Å². The molecule has 0 saturated carbocycles. The number of hydrogen-bond donors (Lipinski definition) is 2. The molecule has 0 aliphatic carbocycles. The van der Waals surface area contributed by atoms with Gasteiger partial charge < -0.3 is 20.1 Å². The van der Waals surface area contributed by atoms with E-state index in [0.717, 1.165) is 0 Å². The quantitative estimate of drug-likeness (QED) is 0.713. The summed E-state index contributed by atoms with van der Waals surface area (Å²) in [5.74, 6) is -0.334. The number of rotatable bonds is 4. The number of benzene rings is 1. The maximum atomic E-state index is 12.3. The molecule has 0 unspecified atom stereocenters. The Kier molecular flexibility index (Phi) is 3.87. The summed E-state index contributed by atoms with van der Waals surface area (Å²) in [6, 6.07) is 7.03. The molecule has 3 rings (SSSR count). The Morgan fingerprint density at radius 3 is 2.61 bits per heavy atom. The molecule has 0 fully saturated rings. The summed E-state index contributed by atoms with van der Waals surface area (Å²) in [6.07, 6.45) is 0. The number of hydrogen-bond acceptors (Lipinski definition) is 6. The van der Waals surface area contributed by atoms with Crippen LogP contribution in [0.1, 0.15) is 30.2 Å². The number of nitrogens with zero attached hydrogens (tertiary/aromatic N) is 3. The van der Waals surface area contributed by atoms with Crippen LogP contribution in [0.4, 0.5) is 5.82 Å². The van der Waals surface area contributed by atoms with Crippen molar-refractivity contribution in [3.63, 3.8) is 0 Å². The van der Waals surface area contributed by atoms with Crippen molar-refractivity contribution in [2.75, 3.05) is 18.9 Å². The normalized spacial score (nSPS) is 12.7. The molecule has 0 bridgehead atoms. The maximum Gasteiger partial charge on any atom is 0.344 e. The molecule has 0 amide bonds. The molecule has 0 aliphatic heterocycles. The van der Waals surface area contributed by atoms with Crippen LogP contribution < -0.4 is 5.73 Å². The highest BCUT2D eigenvalue weighted by Gasteiger charge is 2.26. The van der Waals surface area contributed by atoms with Gasteiger partial charge in [-0.1, -0.05) is 12.1 Å². The Labute approximate surface area is 132 Å². The smallest absolute Gasteiger partial charge is 0.344 e. The molecule has 120 valence electrons. The van der Waals surface area contributed by atoms with Crippen molar-refractivity contribution < 1.29 is 14.6 Å². The number of fused-ring (bicyclic) bond motifs is 2. The minimum absolute atomic E-state index is 0.134. The fraction of sp³-hybridized carbons (Fsp3) is 0.312. The highest BCUT2D eigenvalue weighted by molar-refractivity contribution is 6.08. The molecule has 1 atom stereocenters. The van der Waals surface area contributed by atoms with Crippen LogP contribution in [0, 0.1) is 0 Å². The first-order valence-electron chi connectivity index (χ1n) is 7.42. The van der Waals surface area contributed by atoms with Crippen molar-refractivity contribution in [2.24, 2.45) is 0 Å². The summed E-state index contributed by atoms with van der Waals surface area (Å²) in [5.41, 5.74) is 8.56. The summed E-state index contributed by atoms with van der Waals surface area (Å²) < 4.78 is 6.72. The average Bonchev–Trinajstić information content (AvgIpc) is 2.83. The first-order valence-corrected chi connectivity index (χ1v) is 7.42. The highest BCUT2D eigenvalue weighted by Crippen LogP contribution is 2.31. The summed E-state index contributed by atoms with van der Waals surface area (Å²) in [7, 11) is 0. The first-order chi connectivity index (χ1) is 11.1. The van der Waals surface area contributed by atoms with Crippen LogP contribution in [0.3, 0.4) is 0 Å². The molecular formula is C16H18N4O3. The third-order valence-corrected chi connectivity index (χ3v) is 3.72. The standard InChI is InChI=1S/C16H18N4O3/c1-3-23-16(22)12-13-15(20(14(12)17)9(2)8-21)19-11-7-5-4-6-10(11)18-13/h4-7,9,21H,3,8,17H2,1-2H3/t9-/m0/s1. The Hall–Kier alpha value is -2.67. The number of aliphatic hydroxyl groups excluding tert-OH is 1. The van der Waals surface area contributed by atoms with E-state index in [2.05, 4.69) is 9.97 Å². The van der Waals surface area contributed by atoms with Gasteiger partial charge in [0, 0.05) is 0 Å². The lowest BCUT2D eigenvalue weighted by atomic mass is 10.2. The van der Waals surface area contributed by atoms with Gasteiger partial charge in [-0.25, -0.2) is 14.8 Å². The van der Waals surface area contributed by atoms with Gasteiger partial charge in [0.05, 0.1) is 30.3 Å². The average molecular weight is 314 g/mol. The van der Waals surface area contributed by atoms with Crippen molar-refractivity contribution in [3.8, 4) is 0 Å². The Morgan fingerprint density at radius 2 is 2.00 bits per heavy atom. The maximum absolute atomic E-state index is 12.3. The number of anilines is 1. The number of ether oxygens (including phenoxy) is 1. The summed E-state index contributed by atoms with van der Waals surface area (Å²) >= 11 is 0. The number of aliphatic hydroxyl groups is 1. The lowest BCUT2D eigenvalue weighted by Gasteiger charge is -2.13. The molecular weight excluding hydrogens is 296 g/mol. The monoisotopic (exact) mass is 314 g/mol. The van der Waals surface area contributed by atoms with E-state index in [1.165, 1.54) is 0 Å². The molecule has 3 N–H and O–H groups in total. The van der Waals surface area contributed by atoms with Gasteiger partial charge in [-0.05, 0) is 26.0 Å². The number of nitrogen functional groups attached to an aromatic ring is 1. The van der Waals surface area contributed by atoms with Crippen LogP contribution in [-0.2, 0) is 4.74 Å². The SMILES string of the molecule is CCOC(=O)c1c(N)n([C@@H](C)CO)c2nc3ccccc3nc12. The van der Waals surface area contributed by atoms with Gasteiger partial charge in [0.1, 0.15) is 16.9 Å². The van der Waals surface area contributed by atoms with E-state index in [9.17, 15) is 9.90 Å². The van der Waals surface area contributed by atoms with Gasteiger partial charge in [0.2, 0.25) is 0 Å². The van der Waals surface area contributed by atoms with Crippen LogP contribution in [-0.4, -0.2) is 38.8 Å². The van der Waals surface area contributed by atoms with E-state index in [0.29, 0.717) is 22.2 Å². The van der Waals surface area contributed by atoms with Crippen LogP contribution >= 0.6 is 0 Å². The minimum Gasteiger partial charge on any atom is -0.462 e.